The molecule has 2 unspecified atom stereocenters. The summed E-state index contributed by atoms with van der Waals surface area (Å²) >= 11 is 0. The van der Waals surface area contributed by atoms with Gasteiger partial charge in [-0.05, 0) is 31.4 Å². The number of benzene rings is 1. The minimum absolute atomic E-state index is 0.585. The number of likely N-dealkylation sites (tertiary alicyclic amines) is 1. The van der Waals surface area contributed by atoms with Gasteiger partial charge in [-0.25, -0.2) is 0 Å². The molecule has 2 fully saturated rings. The summed E-state index contributed by atoms with van der Waals surface area (Å²) in [6, 6.07) is 12.0. The van der Waals surface area contributed by atoms with Crippen LogP contribution in [0.5, 0.6) is 0 Å². The molecule has 0 bridgehead atoms. The van der Waals surface area contributed by atoms with Gasteiger partial charge in [0.1, 0.15) is 0 Å². The van der Waals surface area contributed by atoms with Gasteiger partial charge < -0.3 is 10.1 Å². The average molecular weight is 260 g/mol. The van der Waals surface area contributed by atoms with E-state index < -0.39 is 0 Å². The molecule has 104 valence electrons. The Bertz CT molecular complexity index is 376. The highest BCUT2D eigenvalue weighted by molar-refractivity contribution is 5.14. The van der Waals surface area contributed by atoms with Crippen LogP contribution in [0.4, 0.5) is 0 Å². The zero-order valence-corrected chi connectivity index (χ0v) is 11.6. The molecule has 3 rings (SSSR count). The van der Waals surface area contributed by atoms with E-state index in [1.54, 1.807) is 0 Å². The van der Waals surface area contributed by atoms with Crippen LogP contribution in [-0.2, 0) is 11.3 Å². The molecule has 1 aromatic rings. The molecule has 0 aliphatic carbocycles. The van der Waals surface area contributed by atoms with E-state index in [4.69, 9.17) is 4.74 Å². The molecule has 0 spiro atoms. The molecule has 3 heteroatoms. The van der Waals surface area contributed by atoms with Gasteiger partial charge in [0.15, 0.2) is 0 Å². The summed E-state index contributed by atoms with van der Waals surface area (Å²) in [5.74, 6) is 0. The van der Waals surface area contributed by atoms with Gasteiger partial charge in [0, 0.05) is 31.8 Å². The predicted octanol–water partition coefficient (Wildman–Crippen LogP) is 2.03. The minimum atomic E-state index is 0.585. The molecule has 1 aromatic carbocycles. The van der Waals surface area contributed by atoms with Crippen molar-refractivity contribution in [3.05, 3.63) is 35.9 Å². The lowest BCUT2D eigenvalue weighted by atomic mass is 10.0. The molecular weight excluding hydrogens is 236 g/mol. The molecule has 19 heavy (non-hydrogen) atoms. The Morgan fingerprint density at radius 1 is 1.16 bits per heavy atom. The van der Waals surface area contributed by atoms with E-state index >= 15 is 0 Å². The maximum absolute atomic E-state index is 5.45. The summed E-state index contributed by atoms with van der Waals surface area (Å²) in [5, 5.41) is 3.77. The molecule has 0 saturated carbocycles. The number of hydrogen-bond donors (Lipinski definition) is 1. The molecule has 2 atom stereocenters. The van der Waals surface area contributed by atoms with Crippen molar-refractivity contribution in [2.75, 3.05) is 26.3 Å². The van der Waals surface area contributed by atoms with Crippen molar-refractivity contribution in [2.24, 2.45) is 0 Å². The molecule has 2 heterocycles. The number of nitrogens with zero attached hydrogens (tertiary/aromatic N) is 1. The lowest BCUT2D eigenvalue weighted by Gasteiger charge is -2.34. The normalized spacial score (nSPS) is 28.6. The largest absolute Gasteiger partial charge is 0.380 e. The van der Waals surface area contributed by atoms with Gasteiger partial charge in [0.25, 0.3) is 0 Å². The van der Waals surface area contributed by atoms with Crippen molar-refractivity contribution < 1.29 is 4.74 Å². The fourth-order valence-electron chi connectivity index (χ4n) is 3.18. The van der Waals surface area contributed by atoms with Crippen LogP contribution in [0.1, 0.15) is 24.8 Å². The standard InChI is InChI=1S/C16H24N2O/c1-2-5-14(6-3-1)11-18-9-4-7-15(12-18)17-16-8-10-19-13-16/h1-3,5-6,15-17H,4,7-13H2. The minimum Gasteiger partial charge on any atom is -0.380 e. The average Bonchev–Trinajstić information content (AvgIpc) is 2.93. The highest BCUT2D eigenvalue weighted by Gasteiger charge is 2.24. The quantitative estimate of drug-likeness (QED) is 0.896. The third kappa shape index (κ3) is 3.78. The monoisotopic (exact) mass is 260 g/mol. The van der Waals surface area contributed by atoms with Crippen molar-refractivity contribution in [3.8, 4) is 0 Å². The van der Waals surface area contributed by atoms with Gasteiger partial charge in [0.2, 0.25) is 0 Å². The van der Waals surface area contributed by atoms with Crippen LogP contribution in [0, 0.1) is 0 Å². The predicted molar refractivity (Wildman–Crippen MR) is 77.1 cm³/mol. The van der Waals surface area contributed by atoms with E-state index in [0.717, 1.165) is 19.8 Å². The van der Waals surface area contributed by atoms with Gasteiger partial charge in [-0.1, -0.05) is 30.3 Å². The molecule has 2 aliphatic rings. The van der Waals surface area contributed by atoms with Gasteiger partial charge in [0.05, 0.1) is 6.61 Å². The summed E-state index contributed by atoms with van der Waals surface area (Å²) in [6.07, 6.45) is 3.79. The van der Waals surface area contributed by atoms with Gasteiger partial charge in [-0.3, -0.25) is 4.90 Å². The molecular formula is C16H24N2O. The molecule has 3 nitrogen and oxygen atoms in total. The zero-order chi connectivity index (χ0) is 12.9. The third-order valence-electron chi connectivity index (χ3n) is 4.16. The fourth-order valence-corrected chi connectivity index (χ4v) is 3.18. The third-order valence-corrected chi connectivity index (χ3v) is 4.16. The lowest BCUT2D eigenvalue weighted by Crippen LogP contribution is -2.49. The van der Waals surface area contributed by atoms with E-state index in [2.05, 4.69) is 40.5 Å². The van der Waals surface area contributed by atoms with Crippen LogP contribution in [0.15, 0.2) is 30.3 Å². The van der Waals surface area contributed by atoms with Crippen molar-refractivity contribution in [2.45, 2.75) is 37.9 Å². The summed E-state index contributed by atoms with van der Waals surface area (Å²) in [5.41, 5.74) is 1.42. The van der Waals surface area contributed by atoms with Crippen molar-refractivity contribution in [1.29, 1.82) is 0 Å². The molecule has 0 radical (unpaired) electrons. The zero-order valence-electron chi connectivity index (χ0n) is 11.6. The van der Waals surface area contributed by atoms with Crippen LogP contribution < -0.4 is 5.32 Å². The smallest absolute Gasteiger partial charge is 0.0620 e. The van der Waals surface area contributed by atoms with E-state index in [-0.39, 0.29) is 0 Å². The summed E-state index contributed by atoms with van der Waals surface area (Å²) in [7, 11) is 0. The number of piperidine rings is 1. The molecule has 1 N–H and O–H groups in total. The molecule has 2 aliphatic heterocycles. The molecule has 2 saturated heterocycles. The molecule has 0 aromatic heterocycles. The second kappa shape index (κ2) is 6.51. The fraction of sp³-hybridized carbons (Fsp3) is 0.625. The maximum atomic E-state index is 5.45. The first kappa shape index (κ1) is 13.1. The van der Waals surface area contributed by atoms with Crippen molar-refractivity contribution in [1.82, 2.24) is 10.2 Å². The SMILES string of the molecule is c1ccc(CN2CCCC(NC3CCOC3)C2)cc1. The summed E-state index contributed by atoms with van der Waals surface area (Å²) in [6.45, 7) is 5.31. The van der Waals surface area contributed by atoms with Gasteiger partial charge in [-0.2, -0.15) is 0 Å². The Labute approximate surface area is 115 Å². The van der Waals surface area contributed by atoms with Crippen LogP contribution in [0.2, 0.25) is 0 Å². The van der Waals surface area contributed by atoms with E-state index in [1.807, 2.05) is 0 Å². The van der Waals surface area contributed by atoms with Crippen molar-refractivity contribution >= 4 is 0 Å². The Hall–Kier alpha value is -0.900. The lowest BCUT2D eigenvalue weighted by molar-refractivity contribution is 0.161. The summed E-state index contributed by atoms with van der Waals surface area (Å²) < 4.78 is 5.45. The number of rotatable bonds is 4. The van der Waals surface area contributed by atoms with E-state index in [9.17, 15) is 0 Å². The first-order valence-electron chi connectivity index (χ1n) is 7.50. The number of hydrogen-bond acceptors (Lipinski definition) is 3. The van der Waals surface area contributed by atoms with Crippen LogP contribution in [0.3, 0.4) is 0 Å². The number of ether oxygens (including phenoxy) is 1. The van der Waals surface area contributed by atoms with Crippen molar-refractivity contribution in [3.63, 3.8) is 0 Å². The van der Waals surface area contributed by atoms with Gasteiger partial charge in [-0.15, -0.1) is 0 Å². The summed E-state index contributed by atoms with van der Waals surface area (Å²) in [4.78, 5) is 2.58. The first-order valence-corrected chi connectivity index (χ1v) is 7.50. The second-order valence-electron chi connectivity index (χ2n) is 5.79. The first-order chi connectivity index (χ1) is 9.40. The second-order valence-corrected chi connectivity index (χ2v) is 5.79. The van der Waals surface area contributed by atoms with Crippen LogP contribution in [0.25, 0.3) is 0 Å². The Morgan fingerprint density at radius 3 is 2.84 bits per heavy atom. The van der Waals surface area contributed by atoms with Gasteiger partial charge >= 0.3 is 0 Å². The van der Waals surface area contributed by atoms with Crippen LogP contribution >= 0.6 is 0 Å². The Kier molecular flexibility index (Phi) is 4.49. The maximum Gasteiger partial charge on any atom is 0.0620 e. The molecule has 0 amide bonds. The highest BCUT2D eigenvalue weighted by Crippen LogP contribution is 2.15. The topological polar surface area (TPSA) is 24.5 Å². The number of nitrogens with one attached hydrogen (secondary N) is 1. The van der Waals surface area contributed by atoms with E-state index in [0.29, 0.717) is 12.1 Å². The Balaban J connectivity index is 1.50. The van der Waals surface area contributed by atoms with Crippen LogP contribution in [-0.4, -0.2) is 43.3 Å². The van der Waals surface area contributed by atoms with E-state index in [1.165, 1.54) is 37.9 Å². The Morgan fingerprint density at radius 2 is 2.05 bits per heavy atom. The highest BCUT2D eigenvalue weighted by atomic mass is 16.5.